The molecule has 1 aliphatic carbocycles. The number of ether oxygens (including phenoxy) is 1. The third-order valence-corrected chi connectivity index (χ3v) is 5.12. The van der Waals surface area contributed by atoms with Crippen molar-refractivity contribution in [3.05, 3.63) is 60.2 Å². The molecule has 4 nitrogen and oxygen atoms in total. The lowest BCUT2D eigenvalue weighted by Gasteiger charge is -2.35. The number of hydrogen-bond donors (Lipinski definition) is 0. The summed E-state index contributed by atoms with van der Waals surface area (Å²) in [6.07, 6.45) is 6.53. The molecule has 1 aromatic heterocycles. The number of fused-ring (bicyclic) bond motifs is 2. The molecule has 1 amide bonds. The van der Waals surface area contributed by atoms with Crippen molar-refractivity contribution >= 4 is 5.91 Å². The van der Waals surface area contributed by atoms with Crippen LogP contribution in [0.4, 0.5) is 4.39 Å². The van der Waals surface area contributed by atoms with Crippen molar-refractivity contribution < 1.29 is 13.9 Å². The summed E-state index contributed by atoms with van der Waals surface area (Å²) >= 11 is 0. The molecular formula is C19H19FN2O2. The molecule has 2 aliphatic rings. The fraction of sp³-hybridized carbons (Fsp3) is 0.368. The summed E-state index contributed by atoms with van der Waals surface area (Å²) in [6.45, 7) is 0.443. The Bertz CT molecular complexity index is 720. The number of pyridine rings is 1. The molecule has 0 unspecified atom stereocenters. The lowest BCUT2D eigenvalue weighted by atomic mass is 9.99. The van der Waals surface area contributed by atoms with Crippen LogP contribution in [-0.4, -0.2) is 34.5 Å². The van der Waals surface area contributed by atoms with Gasteiger partial charge in [0.2, 0.25) is 0 Å². The Morgan fingerprint density at radius 1 is 1.25 bits per heavy atom. The first kappa shape index (κ1) is 15.1. The number of rotatable bonds is 4. The van der Waals surface area contributed by atoms with Gasteiger partial charge in [-0.05, 0) is 61.6 Å². The molecule has 0 N–H and O–H groups in total. The van der Waals surface area contributed by atoms with Crippen LogP contribution in [0.1, 0.15) is 29.6 Å². The normalized spacial score (nSPS) is 25.0. The molecule has 2 fully saturated rings. The fourth-order valence-electron chi connectivity index (χ4n) is 3.98. The number of aromatic nitrogens is 1. The van der Waals surface area contributed by atoms with E-state index in [0.29, 0.717) is 29.9 Å². The van der Waals surface area contributed by atoms with Gasteiger partial charge in [-0.25, -0.2) is 4.39 Å². The summed E-state index contributed by atoms with van der Waals surface area (Å²) in [7, 11) is 0. The lowest BCUT2D eigenvalue weighted by molar-refractivity contribution is 0.0505. The van der Waals surface area contributed by atoms with Crippen molar-refractivity contribution in [3.63, 3.8) is 0 Å². The predicted octanol–water partition coefficient (Wildman–Crippen LogP) is 3.29. The van der Waals surface area contributed by atoms with Crippen molar-refractivity contribution in [1.82, 2.24) is 9.88 Å². The highest BCUT2D eigenvalue weighted by Crippen LogP contribution is 2.43. The molecule has 5 heteroatoms. The smallest absolute Gasteiger partial charge is 0.256 e. The van der Waals surface area contributed by atoms with E-state index in [4.69, 9.17) is 4.74 Å². The van der Waals surface area contributed by atoms with Gasteiger partial charge in [-0.1, -0.05) is 0 Å². The number of amides is 1. The van der Waals surface area contributed by atoms with E-state index in [0.717, 1.165) is 19.3 Å². The Morgan fingerprint density at radius 3 is 2.83 bits per heavy atom. The number of halogens is 1. The fourth-order valence-corrected chi connectivity index (χ4v) is 3.98. The molecule has 1 saturated carbocycles. The summed E-state index contributed by atoms with van der Waals surface area (Å²) in [5.74, 6) is 0.864. The van der Waals surface area contributed by atoms with E-state index in [1.54, 1.807) is 36.7 Å². The second-order valence-electron chi connectivity index (χ2n) is 6.51. The van der Waals surface area contributed by atoms with Crippen molar-refractivity contribution in [3.8, 4) is 5.75 Å². The summed E-state index contributed by atoms with van der Waals surface area (Å²) in [6, 6.07) is 9.96. The first-order chi connectivity index (χ1) is 11.7. The van der Waals surface area contributed by atoms with Gasteiger partial charge in [-0.15, -0.1) is 0 Å². The second kappa shape index (κ2) is 6.23. The highest BCUT2D eigenvalue weighted by Gasteiger charge is 2.48. The van der Waals surface area contributed by atoms with E-state index in [2.05, 4.69) is 4.98 Å². The summed E-state index contributed by atoms with van der Waals surface area (Å²) < 4.78 is 18.8. The summed E-state index contributed by atoms with van der Waals surface area (Å²) in [5, 5.41) is 0. The maximum Gasteiger partial charge on any atom is 0.256 e. The second-order valence-corrected chi connectivity index (χ2v) is 6.51. The van der Waals surface area contributed by atoms with E-state index >= 15 is 0 Å². The van der Waals surface area contributed by atoms with Crippen LogP contribution >= 0.6 is 0 Å². The minimum atomic E-state index is -0.282. The molecular weight excluding hydrogens is 307 g/mol. The van der Waals surface area contributed by atoms with Crippen LogP contribution in [0.25, 0.3) is 0 Å². The molecule has 24 heavy (non-hydrogen) atoms. The van der Waals surface area contributed by atoms with Crippen LogP contribution in [-0.2, 0) is 0 Å². The highest BCUT2D eigenvalue weighted by atomic mass is 19.1. The van der Waals surface area contributed by atoms with Gasteiger partial charge in [0.25, 0.3) is 5.91 Å². The topological polar surface area (TPSA) is 42.4 Å². The maximum atomic E-state index is 13.0. The predicted molar refractivity (Wildman–Crippen MR) is 87.2 cm³/mol. The molecule has 4 rings (SSSR count). The quantitative estimate of drug-likeness (QED) is 0.866. The molecule has 2 heterocycles. The van der Waals surface area contributed by atoms with Crippen molar-refractivity contribution in [1.29, 1.82) is 0 Å². The van der Waals surface area contributed by atoms with E-state index < -0.39 is 0 Å². The average molecular weight is 326 g/mol. The zero-order chi connectivity index (χ0) is 16.5. The number of hydrogen-bond acceptors (Lipinski definition) is 3. The van der Waals surface area contributed by atoms with Gasteiger partial charge in [0.05, 0.1) is 11.6 Å². The monoisotopic (exact) mass is 326 g/mol. The van der Waals surface area contributed by atoms with Crippen molar-refractivity contribution in [2.45, 2.75) is 31.3 Å². The Hall–Kier alpha value is -2.43. The molecule has 1 saturated heterocycles. The molecule has 0 spiro atoms. The number of carbonyl (C=O) groups is 1. The van der Waals surface area contributed by atoms with Crippen molar-refractivity contribution in [2.75, 3.05) is 6.61 Å². The zero-order valence-corrected chi connectivity index (χ0v) is 13.3. The van der Waals surface area contributed by atoms with Gasteiger partial charge in [0.15, 0.2) is 0 Å². The third kappa shape index (κ3) is 2.75. The number of nitrogens with zero attached hydrogens (tertiary/aromatic N) is 2. The van der Waals surface area contributed by atoms with Crippen LogP contribution < -0.4 is 4.74 Å². The highest BCUT2D eigenvalue weighted by molar-refractivity contribution is 5.94. The van der Waals surface area contributed by atoms with Gasteiger partial charge in [0, 0.05) is 18.4 Å². The Morgan fingerprint density at radius 2 is 2.08 bits per heavy atom. The maximum absolute atomic E-state index is 13.0. The molecule has 1 aliphatic heterocycles. The molecule has 2 bridgehead atoms. The molecule has 0 radical (unpaired) electrons. The van der Waals surface area contributed by atoms with E-state index in [1.165, 1.54) is 12.1 Å². The van der Waals surface area contributed by atoms with Gasteiger partial charge in [0.1, 0.15) is 18.2 Å². The van der Waals surface area contributed by atoms with Crippen LogP contribution in [0.3, 0.4) is 0 Å². The minimum Gasteiger partial charge on any atom is -0.491 e. The third-order valence-electron chi connectivity index (χ3n) is 5.12. The minimum absolute atomic E-state index is 0.0306. The molecule has 2 aromatic rings. The summed E-state index contributed by atoms with van der Waals surface area (Å²) in [4.78, 5) is 18.9. The van der Waals surface area contributed by atoms with E-state index in [-0.39, 0.29) is 17.8 Å². The van der Waals surface area contributed by atoms with Crippen LogP contribution in [0.15, 0.2) is 48.8 Å². The molecule has 3 atom stereocenters. The number of carbonyl (C=O) groups excluding carboxylic acids is 1. The van der Waals surface area contributed by atoms with E-state index in [1.807, 2.05) is 4.90 Å². The van der Waals surface area contributed by atoms with Gasteiger partial charge >= 0.3 is 0 Å². The molecule has 1 aromatic carbocycles. The van der Waals surface area contributed by atoms with E-state index in [9.17, 15) is 9.18 Å². The number of piperidine rings is 1. The number of benzene rings is 1. The van der Waals surface area contributed by atoms with Crippen LogP contribution in [0, 0.1) is 11.7 Å². The average Bonchev–Trinajstić information content (AvgIpc) is 3.23. The molecule has 124 valence electrons. The van der Waals surface area contributed by atoms with Gasteiger partial charge in [-0.3, -0.25) is 9.78 Å². The first-order valence-electron chi connectivity index (χ1n) is 8.33. The summed E-state index contributed by atoms with van der Waals surface area (Å²) in [5.41, 5.74) is 0.622. The SMILES string of the molecule is O=C(c1cccnc1)N1[C@@H]2CC[C@@H](C2)[C@@H]1COc1ccc(F)cc1. The van der Waals surface area contributed by atoms with Gasteiger partial charge < -0.3 is 9.64 Å². The van der Waals surface area contributed by atoms with Crippen molar-refractivity contribution in [2.24, 2.45) is 5.92 Å². The largest absolute Gasteiger partial charge is 0.491 e. The lowest BCUT2D eigenvalue weighted by Crippen LogP contribution is -2.47. The Kier molecular flexibility index (Phi) is 3.92. The van der Waals surface area contributed by atoms with Crippen LogP contribution in [0.5, 0.6) is 5.75 Å². The first-order valence-corrected chi connectivity index (χ1v) is 8.33. The number of likely N-dealkylation sites (tertiary alicyclic amines) is 1. The van der Waals surface area contributed by atoms with Crippen LogP contribution in [0.2, 0.25) is 0 Å². The Labute approximate surface area is 140 Å². The van der Waals surface area contributed by atoms with Gasteiger partial charge in [-0.2, -0.15) is 0 Å². The standard InChI is InChI=1S/C19H19FN2O2/c20-15-4-7-17(8-5-15)24-12-18-13-3-6-16(10-13)22(18)19(23)14-2-1-9-21-11-14/h1-2,4-5,7-9,11,13,16,18H,3,6,10,12H2/t13-,16+,18-/m0/s1. The Balaban J connectivity index is 1.50. The zero-order valence-electron chi connectivity index (χ0n) is 13.3.